The first-order valence-electron chi connectivity index (χ1n) is 11.9. The van der Waals surface area contributed by atoms with Crippen molar-refractivity contribution >= 4 is 29.9 Å². The van der Waals surface area contributed by atoms with Crippen molar-refractivity contribution in [3.8, 4) is 11.1 Å². The van der Waals surface area contributed by atoms with Crippen molar-refractivity contribution in [3.05, 3.63) is 59.7 Å². The zero-order valence-electron chi connectivity index (χ0n) is 21.4. The fraction of sp³-hybridized carbons (Fsp3) is 0.346. The first kappa shape index (κ1) is 31.8. The predicted octanol–water partition coefficient (Wildman–Crippen LogP) is 2.01. The van der Waals surface area contributed by atoms with Crippen LogP contribution in [-0.4, -0.2) is 84.3 Å². The van der Waals surface area contributed by atoms with Crippen molar-refractivity contribution in [2.45, 2.75) is 30.8 Å². The number of carbonyl (C=O) groups excluding carboxylic acids is 3. The van der Waals surface area contributed by atoms with Crippen LogP contribution in [0.4, 0.5) is 13.6 Å². The Labute approximate surface area is 227 Å². The van der Waals surface area contributed by atoms with Gasteiger partial charge < -0.3 is 26.0 Å². The molecule has 1 aliphatic heterocycles. The van der Waals surface area contributed by atoms with Crippen LogP contribution in [0.3, 0.4) is 0 Å². The molecule has 2 atom stereocenters. The van der Waals surface area contributed by atoms with Crippen molar-refractivity contribution in [2.75, 3.05) is 27.0 Å². The zero-order chi connectivity index (χ0) is 29.8. The maximum Gasteiger partial charge on any atom is 0.533 e. The van der Waals surface area contributed by atoms with E-state index in [9.17, 15) is 32.8 Å². The van der Waals surface area contributed by atoms with Gasteiger partial charge in [0.1, 0.15) is 32.0 Å². The zero-order valence-corrected chi connectivity index (χ0v) is 21.4. The average Bonchev–Trinajstić information content (AvgIpc) is 3.44. The van der Waals surface area contributed by atoms with Crippen LogP contribution in [0.5, 0.6) is 0 Å². The number of likely N-dealkylation sites (N-methyl/N-ethyl adjacent to an activating group) is 1. The lowest BCUT2D eigenvalue weighted by Gasteiger charge is -2.16. The number of imide groups is 1. The highest BCUT2D eigenvalue weighted by Gasteiger charge is 2.34. The van der Waals surface area contributed by atoms with E-state index in [0.717, 1.165) is 22.3 Å². The van der Waals surface area contributed by atoms with Gasteiger partial charge in [-0.15, -0.1) is 0 Å². The minimum absolute atomic E-state index is 0.0511. The number of hydroxylamine groups is 2. The molecule has 2 aliphatic rings. The Morgan fingerprint density at radius 2 is 1.45 bits per heavy atom. The maximum absolute atomic E-state index is 11.9. The Morgan fingerprint density at radius 3 is 1.80 bits per heavy atom. The number of rotatable bonds is 8. The summed E-state index contributed by atoms with van der Waals surface area (Å²) in [6, 6.07) is 13.5. The molecule has 1 aliphatic carbocycles. The lowest BCUT2D eigenvalue weighted by atomic mass is 9.98. The second-order valence-corrected chi connectivity index (χ2v) is 8.39. The molecule has 0 bridgehead atoms. The molecule has 2 aromatic carbocycles. The maximum atomic E-state index is 11.9. The van der Waals surface area contributed by atoms with E-state index in [1.165, 1.54) is 7.05 Å². The molecule has 5 N–H and O–H groups in total. The van der Waals surface area contributed by atoms with E-state index in [0.29, 0.717) is 5.06 Å². The number of halogens is 2. The van der Waals surface area contributed by atoms with Crippen LogP contribution in [0.25, 0.3) is 11.1 Å². The SMILES string of the molecule is CNC(CF)C(=O)O.NC(CF)C(=O)O.O=C(OCC1c2ccccc2-c2ccccc21)ON1C(=O)CCC1=O. The molecular weight excluding hydrogens is 536 g/mol. The highest BCUT2D eigenvalue weighted by Crippen LogP contribution is 2.44. The van der Waals surface area contributed by atoms with Gasteiger partial charge in [-0.25, -0.2) is 13.6 Å². The molecule has 1 saturated heterocycles. The van der Waals surface area contributed by atoms with E-state index < -0.39 is 55.3 Å². The van der Waals surface area contributed by atoms with E-state index in [1.54, 1.807) is 0 Å². The van der Waals surface area contributed by atoms with Gasteiger partial charge in [-0.2, -0.15) is 0 Å². The predicted molar refractivity (Wildman–Crippen MR) is 135 cm³/mol. The number of nitrogens with two attached hydrogens (primary N) is 1. The molecule has 1 heterocycles. The number of nitrogens with one attached hydrogen (secondary N) is 1. The van der Waals surface area contributed by atoms with Crippen molar-refractivity contribution in [3.63, 3.8) is 0 Å². The summed E-state index contributed by atoms with van der Waals surface area (Å²) < 4.78 is 27.8. The van der Waals surface area contributed by atoms with Crippen molar-refractivity contribution in [2.24, 2.45) is 5.73 Å². The average molecular weight is 566 g/mol. The minimum atomic E-state index is -1.35. The van der Waals surface area contributed by atoms with Crippen molar-refractivity contribution in [1.29, 1.82) is 0 Å². The summed E-state index contributed by atoms with van der Waals surface area (Å²) in [6.07, 6.45) is -0.948. The second-order valence-electron chi connectivity index (χ2n) is 8.39. The Bertz CT molecular complexity index is 1160. The molecule has 0 spiro atoms. The molecule has 2 aromatic rings. The summed E-state index contributed by atoms with van der Waals surface area (Å²) in [5.74, 6) is -3.63. The van der Waals surface area contributed by atoms with Crippen LogP contribution in [0.2, 0.25) is 0 Å². The van der Waals surface area contributed by atoms with Gasteiger partial charge in [-0.05, 0) is 29.3 Å². The highest BCUT2D eigenvalue weighted by atomic mass is 19.1. The van der Waals surface area contributed by atoms with Gasteiger partial charge >= 0.3 is 18.1 Å². The van der Waals surface area contributed by atoms with E-state index in [4.69, 9.17) is 19.8 Å². The molecule has 216 valence electrons. The number of carboxylic acids is 2. The van der Waals surface area contributed by atoms with Crippen LogP contribution in [-0.2, 0) is 28.8 Å². The molecule has 2 amide bonds. The van der Waals surface area contributed by atoms with E-state index in [2.05, 4.69) is 11.1 Å². The van der Waals surface area contributed by atoms with Gasteiger partial charge in [-0.1, -0.05) is 53.6 Å². The van der Waals surface area contributed by atoms with Crippen LogP contribution in [0.1, 0.15) is 29.9 Å². The minimum Gasteiger partial charge on any atom is -0.480 e. The number of carboxylic acid groups (broad SMARTS) is 2. The Morgan fingerprint density at radius 1 is 0.950 bits per heavy atom. The fourth-order valence-electron chi connectivity index (χ4n) is 3.68. The molecule has 0 saturated carbocycles. The molecular formula is C26H29F2N3O9. The topological polar surface area (TPSA) is 186 Å². The number of aliphatic carboxylic acids is 2. The quantitative estimate of drug-likeness (QED) is 0.271. The van der Waals surface area contributed by atoms with Crippen molar-refractivity contribution < 1.29 is 52.5 Å². The lowest BCUT2D eigenvalue weighted by molar-refractivity contribution is -0.177. The van der Waals surface area contributed by atoms with E-state index in [-0.39, 0.29) is 25.4 Å². The third kappa shape index (κ3) is 8.28. The smallest absolute Gasteiger partial charge is 0.480 e. The molecule has 1 fully saturated rings. The summed E-state index contributed by atoms with van der Waals surface area (Å²) in [7, 11) is 1.40. The van der Waals surface area contributed by atoms with E-state index in [1.807, 2.05) is 48.5 Å². The number of alkyl halides is 2. The number of hydrogen-bond donors (Lipinski definition) is 4. The summed E-state index contributed by atoms with van der Waals surface area (Å²) >= 11 is 0. The number of hydrogen-bond acceptors (Lipinski definition) is 9. The van der Waals surface area contributed by atoms with Crippen LogP contribution >= 0.6 is 0 Å². The standard InChI is InChI=1S/C19H15NO5.C4H8FNO2.C3H6FNO2/c21-17-9-10-18(22)20(17)25-19(23)24-11-16-14-7-3-1-5-12(14)13-6-2-4-8-15(13)16;1-6-3(2-5)4(7)8;4-1-2(5)3(6)7/h1-8,16H,9-11H2;3,6H,2H2,1H3,(H,7,8);2H,1,5H2,(H,6,7). The molecule has 0 radical (unpaired) electrons. The molecule has 14 heteroatoms. The Balaban J connectivity index is 0.000000310. The van der Waals surface area contributed by atoms with Gasteiger partial charge in [0.25, 0.3) is 11.8 Å². The largest absolute Gasteiger partial charge is 0.533 e. The third-order valence-corrected chi connectivity index (χ3v) is 5.79. The molecule has 12 nitrogen and oxygen atoms in total. The number of fused-ring (bicyclic) bond motifs is 3. The Kier molecular flexibility index (Phi) is 12.1. The summed E-state index contributed by atoms with van der Waals surface area (Å²) in [4.78, 5) is 59.0. The number of amides is 2. The summed E-state index contributed by atoms with van der Waals surface area (Å²) in [5, 5.41) is 18.6. The van der Waals surface area contributed by atoms with Crippen LogP contribution in [0, 0.1) is 0 Å². The monoisotopic (exact) mass is 565 g/mol. The first-order chi connectivity index (χ1) is 19.0. The van der Waals surface area contributed by atoms with Crippen LogP contribution < -0.4 is 11.1 Å². The van der Waals surface area contributed by atoms with Gasteiger partial charge in [-0.3, -0.25) is 24.0 Å². The lowest BCUT2D eigenvalue weighted by Crippen LogP contribution is -2.35. The van der Waals surface area contributed by atoms with E-state index >= 15 is 0 Å². The molecule has 40 heavy (non-hydrogen) atoms. The highest BCUT2D eigenvalue weighted by molar-refractivity contribution is 6.01. The fourth-order valence-corrected chi connectivity index (χ4v) is 3.68. The normalized spacial score (nSPS) is 14.9. The number of ether oxygens (including phenoxy) is 1. The van der Waals surface area contributed by atoms with Crippen molar-refractivity contribution in [1.82, 2.24) is 10.4 Å². The second kappa shape index (κ2) is 15.2. The van der Waals surface area contributed by atoms with Gasteiger partial charge in [0.05, 0.1) is 0 Å². The number of nitrogens with zero attached hydrogens (tertiary/aromatic N) is 1. The summed E-state index contributed by atoms with van der Waals surface area (Å²) in [6.45, 7) is -1.80. The molecule has 2 unspecified atom stereocenters. The first-order valence-corrected chi connectivity index (χ1v) is 11.9. The molecule has 4 rings (SSSR count). The van der Waals surface area contributed by atoms with Gasteiger partial charge in [0.15, 0.2) is 0 Å². The van der Waals surface area contributed by atoms with Gasteiger partial charge in [0.2, 0.25) is 0 Å². The van der Waals surface area contributed by atoms with Crippen LogP contribution in [0.15, 0.2) is 48.5 Å². The number of benzene rings is 2. The number of carbonyl (C=O) groups is 5. The third-order valence-electron chi connectivity index (χ3n) is 5.79. The Hall–Kier alpha value is -4.43. The summed E-state index contributed by atoms with van der Waals surface area (Å²) in [5.41, 5.74) is 9.02. The van der Waals surface area contributed by atoms with Gasteiger partial charge in [0, 0.05) is 18.8 Å². The molecule has 0 aromatic heterocycles.